The average molecular weight is 288 g/mol. The number of aromatic nitrogens is 4. The molecule has 2 N–H and O–H groups in total. The van der Waals surface area contributed by atoms with Crippen LogP contribution in [-0.2, 0) is 4.74 Å². The number of hydrogen-bond acceptors (Lipinski definition) is 6. The predicted octanol–water partition coefficient (Wildman–Crippen LogP) is 1.54. The van der Waals surface area contributed by atoms with Crippen LogP contribution in [0.5, 0.6) is 0 Å². The number of H-pyrrole nitrogens is 1. The van der Waals surface area contributed by atoms with Crippen LogP contribution in [0.15, 0.2) is 6.33 Å². The first kappa shape index (κ1) is 12.8. The van der Waals surface area contributed by atoms with Gasteiger partial charge < -0.3 is 19.9 Å². The molecular weight excluding hydrogens is 268 g/mol. The van der Waals surface area contributed by atoms with Gasteiger partial charge in [0.2, 0.25) is 5.95 Å². The summed E-state index contributed by atoms with van der Waals surface area (Å²) in [6.07, 6.45) is 5.70. The summed E-state index contributed by atoms with van der Waals surface area (Å²) in [6.45, 7) is 4.79. The fourth-order valence-corrected chi connectivity index (χ4v) is 3.15. The Hall–Kier alpha value is -1.89. The highest BCUT2D eigenvalue weighted by Gasteiger charge is 2.35. The minimum absolute atomic E-state index is 0.337. The van der Waals surface area contributed by atoms with Crippen molar-refractivity contribution >= 4 is 22.9 Å². The monoisotopic (exact) mass is 288 g/mol. The van der Waals surface area contributed by atoms with Crippen LogP contribution < -0.4 is 10.2 Å². The van der Waals surface area contributed by atoms with E-state index in [0.29, 0.717) is 18.2 Å². The fourth-order valence-electron chi connectivity index (χ4n) is 3.15. The predicted molar refractivity (Wildman–Crippen MR) is 80.6 cm³/mol. The molecule has 7 nitrogen and oxygen atoms in total. The van der Waals surface area contributed by atoms with Gasteiger partial charge in [0.25, 0.3) is 0 Å². The number of hydrogen-bond donors (Lipinski definition) is 2. The van der Waals surface area contributed by atoms with Gasteiger partial charge in [0, 0.05) is 19.6 Å². The Morgan fingerprint density at radius 1 is 1.33 bits per heavy atom. The largest absolute Gasteiger partial charge is 0.371 e. The summed E-state index contributed by atoms with van der Waals surface area (Å²) in [5, 5.41) is 3.26. The third kappa shape index (κ3) is 2.31. The van der Waals surface area contributed by atoms with E-state index in [1.165, 1.54) is 0 Å². The number of nitrogens with zero attached hydrogens (tertiary/aromatic N) is 4. The number of anilines is 2. The van der Waals surface area contributed by atoms with Crippen LogP contribution in [-0.4, -0.2) is 51.8 Å². The van der Waals surface area contributed by atoms with E-state index in [4.69, 9.17) is 9.72 Å². The van der Waals surface area contributed by atoms with Crippen LogP contribution in [0, 0.1) is 0 Å². The van der Waals surface area contributed by atoms with Crippen molar-refractivity contribution in [2.75, 3.05) is 29.9 Å². The molecule has 2 aliphatic heterocycles. The summed E-state index contributed by atoms with van der Waals surface area (Å²) in [6, 6.07) is 0. The van der Waals surface area contributed by atoms with E-state index in [1.807, 2.05) is 0 Å². The molecule has 4 heterocycles. The molecular formula is C14H20N6O. The Morgan fingerprint density at radius 2 is 2.14 bits per heavy atom. The van der Waals surface area contributed by atoms with Crippen LogP contribution in [0.2, 0.25) is 0 Å². The maximum absolute atomic E-state index is 5.91. The van der Waals surface area contributed by atoms with Crippen LogP contribution >= 0.6 is 0 Å². The van der Waals surface area contributed by atoms with Gasteiger partial charge in [-0.05, 0) is 19.3 Å². The Bertz CT molecular complexity index is 629. The normalized spacial score (nSPS) is 24.7. The molecule has 2 aromatic heterocycles. The molecule has 2 fully saturated rings. The smallest absolute Gasteiger partial charge is 0.226 e. The van der Waals surface area contributed by atoms with Gasteiger partial charge in [0.15, 0.2) is 11.5 Å². The molecule has 2 atom stereocenters. The van der Waals surface area contributed by atoms with Gasteiger partial charge >= 0.3 is 0 Å². The first-order chi connectivity index (χ1) is 10.3. The Kier molecular flexibility index (Phi) is 3.14. The summed E-state index contributed by atoms with van der Waals surface area (Å²) in [5.74, 6) is 1.60. The highest BCUT2D eigenvalue weighted by atomic mass is 16.5. The molecule has 0 amide bonds. The zero-order valence-electron chi connectivity index (χ0n) is 12.2. The standard InChI is InChI=1S/C14H20N6O/c1-2-5-15-14-18-12-11(16-8-17-12)13(19-14)20-6-9-3-4-10(7-20)21-9/h8-10H,2-7H2,1H3,(H2,15,16,17,18,19). The fraction of sp³-hybridized carbons (Fsp3) is 0.643. The van der Waals surface area contributed by atoms with Crippen molar-refractivity contribution in [1.82, 2.24) is 19.9 Å². The molecule has 2 aromatic rings. The van der Waals surface area contributed by atoms with Gasteiger partial charge in [-0.3, -0.25) is 0 Å². The molecule has 4 rings (SSSR count). The van der Waals surface area contributed by atoms with E-state index in [1.54, 1.807) is 6.33 Å². The van der Waals surface area contributed by atoms with Crippen molar-refractivity contribution in [2.45, 2.75) is 38.4 Å². The van der Waals surface area contributed by atoms with E-state index < -0.39 is 0 Å². The van der Waals surface area contributed by atoms with E-state index >= 15 is 0 Å². The third-order valence-corrected chi connectivity index (χ3v) is 4.14. The lowest BCUT2D eigenvalue weighted by Crippen LogP contribution is -2.43. The second-order valence-electron chi connectivity index (χ2n) is 5.76. The SMILES string of the molecule is CCCNc1nc(N2CC3CCC(C2)O3)c2[nH]cnc2n1. The van der Waals surface area contributed by atoms with Crippen molar-refractivity contribution in [3.63, 3.8) is 0 Å². The number of aromatic amines is 1. The number of ether oxygens (including phenoxy) is 1. The van der Waals surface area contributed by atoms with Crippen LogP contribution in [0.1, 0.15) is 26.2 Å². The van der Waals surface area contributed by atoms with E-state index in [0.717, 1.165) is 55.9 Å². The molecule has 2 unspecified atom stereocenters. The molecule has 2 saturated heterocycles. The van der Waals surface area contributed by atoms with E-state index in [2.05, 4.69) is 32.1 Å². The van der Waals surface area contributed by atoms with Gasteiger partial charge in [0.1, 0.15) is 5.52 Å². The summed E-state index contributed by atoms with van der Waals surface area (Å²) < 4.78 is 5.91. The molecule has 2 aliphatic rings. The number of rotatable bonds is 4. The lowest BCUT2D eigenvalue weighted by molar-refractivity contribution is 0.0303. The van der Waals surface area contributed by atoms with Crippen LogP contribution in [0.25, 0.3) is 11.2 Å². The topological polar surface area (TPSA) is 79.0 Å². The molecule has 0 spiro atoms. The van der Waals surface area contributed by atoms with Gasteiger partial charge in [0.05, 0.1) is 18.5 Å². The number of nitrogens with one attached hydrogen (secondary N) is 2. The van der Waals surface area contributed by atoms with Crippen molar-refractivity contribution in [2.24, 2.45) is 0 Å². The molecule has 0 saturated carbocycles. The lowest BCUT2D eigenvalue weighted by atomic mass is 10.2. The Morgan fingerprint density at radius 3 is 2.90 bits per heavy atom. The van der Waals surface area contributed by atoms with Crippen LogP contribution in [0.3, 0.4) is 0 Å². The molecule has 2 bridgehead atoms. The maximum Gasteiger partial charge on any atom is 0.226 e. The number of morpholine rings is 1. The van der Waals surface area contributed by atoms with Gasteiger partial charge in [-0.1, -0.05) is 6.92 Å². The van der Waals surface area contributed by atoms with E-state index in [9.17, 15) is 0 Å². The first-order valence-electron chi connectivity index (χ1n) is 7.69. The Balaban J connectivity index is 1.70. The molecule has 7 heteroatoms. The summed E-state index contributed by atoms with van der Waals surface area (Å²) >= 11 is 0. The molecule has 112 valence electrons. The van der Waals surface area contributed by atoms with Crippen molar-refractivity contribution < 1.29 is 4.74 Å². The lowest BCUT2D eigenvalue weighted by Gasteiger charge is -2.33. The summed E-state index contributed by atoms with van der Waals surface area (Å²) in [5.41, 5.74) is 1.63. The van der Waals surface area contributed by atoms with E-state index in [-0.39, 0.29) is 0 Å². The number of imidazole rings is 1. The highest BCUT2D eigenvalue weighted by molar-refractivity contribution is 5.84. The van der Waals surface area contributed by atoms with Gasteiger partial charge in [-0.25, -0.2) is 4.98 Å². The van der Waals surface area contributed by atoms with Gasteiger partial charge in [-0.15, -0.1) is 0 Å². The summed E-state index contributed by atoms with van der Waals surface area (Å²) in [7, 11) is 0. The van der Waals surface area contributed by atoms with Crippen molar-refractivity contribution in [3.8, 4) is 0 Å². The number of fused-ring (bicyclic) bond motifs is 3. The second kappa shape index (κ2) is 5.14. The minimum atomic E-state index is 0.337. The van der Waals surface area contributed by atoms with Crippen molar-refractivity contribution in [3.05, 3.63) is 6.33 Å². The molecule has 21 heavy (non-hydrogen) atoms. The van der Waals surface area contributed by atoms with Crippen LogP contribution in [0.4, 0.5) is 11.8 Å². The first-order valence-corrected chi connectivity index (χ1v) is 7.69. The van der Waals surface area contributed by atoms with Crippen molar-refractivity contribution in [1.29, 1.82) is 0 Å². The second-order valence-corrected chi connectivity index (χ2v) is 5.76. The molecule has 0 radical (unpaired) electrons. The maximum atomic E-state index is 5.91. The van der Waals surface area contributed by atoms with Gasteiger partial charge in [-0.2, -0.15) is 9.97 Å². The average Bonchev–Trinajstić information content (AvgIpc) is 3.10. The minimum Gasteiger partial charge on any atom is -0.371 e. The molecule has 0 aliphatic carbocycles. The Labute approximate surface area is 123 Å². The zero-order valence-corrected chi connectivity index (χ0v) is 12.2. The summed E-state index contributed by atoms with van der Waals surface area (Å²) in [4.78, 5) is 18.9. The molecule has 0 aromatic carbocycles. The third-order valence-electron chi connectivity index (χ3n) is 4.14. The quantitative estimate of drug-likeness (QED) is 0.888. The zero-order chi connectivity index (χ0) is 14.2. The highest BCUT2D eigenvalue weighted by Crippen LogP contribution is 2.31.